The number of hydrogen-bond acceptors (Lipinski definition) is 11. The number of imide groups is 1. The zero-order valence-corrected chi connectivity index (χ0v) is 44.0. The number of halogens is 6. The first-order valence-electron chi connectivity index (χ1n) is 24.9. The number of alkyl halides is 6. The van der Waals surface area contributed by atoms with Crippen molar-refractivity contribution in [2.45, 2.75) is 91.9 Å². The van der Waals surface area contributed by atoms with E-state index in [-0.39, 0.29) is 47.5 Å². The fourth-order valence-electron chi connectivity index (χ4n) is 7.91. The number of benzene rings is 6. The molecule has 0 spiro atoms. The molecule has 8 aromatic rings. The Bertz CT molecular complexity index is 3640. The van der Waals surface area contributed by atoms with Gasteiger partial charge >= 0.3 is 23.7 Å². The minimum atomic E-state index is -4.49. The van der Waals surface area contributed by atoms with E-state index in [1.54, 1.807) is 98.8 Å². The molecule has 18 nitrogen and oxygen atoms in total. The van der Waals surface area contributed by atoms with Crippen LogP contribution in [0.1, 0.15) is 115 Å². The summed E-state index contributed by atoms with van der Waals surface area (Å²) in [5.74, 6) is -1.59. The topological polar surface area (TPSA) is 227 Å². The third kappa shape index (κ3) is 13.5. The number of amides is 4. The van der Waals surface area contributed by atoms with Crippen molar-refractivity contribution < 1.29 is 45.5 Å². The maximum Gasteiger partial charge on any atom is 0.416 e. The van der Waals surface area contributed by atoms with Gasteiger partial charge in [0.1, 0.15) is 0 Å². The molecule has 0 saturated heterocycles. The number of fused-ring (bicyclic) bond motifs is 1. The van der Waals surface area contributed by atoms with Crippen LogP contribution < -0.4 is 32.6 Å². The molecular formula is C56H54F6N12O6. The van der Waals surface area contributed by atoms with Crippen LogP contribution >= 0.6 is 0 Å². The Morgan fingerprint density at radius 3 is 1.40 bits per heavy atom. The summed E-state index contributed by atoms with van der Waals surface area (Å²) in [6, 6.07) is 31.7. The fourth-order valence-corrected chi connectivity index (χ4v) is 7.91. The van der Waals surface area contributed by atoms with Crippen LogP contribution in [0.15, 0.2) is 143 Å². The number of nitrogens with two attached hydrogens (primary N) is 1. The second kappa shape index (κ2) is 24.6. The van der Waals surface area contributed by atoms with E-state index in [1.807, 2.05) is 20.8 Å². The number of tetrazole rings is 2. The monoisotopic (exact) mass is 1100 g/mol. The van der Waals surface area contributed by atoms with E-state index in [9.17, 15) is 55.1 Å². The van der Waals surface area contributed by atoms with E-state index in [4.69, 9.17) is 5.73 Å². The van der Waals surface area contributed by atoms with Crippen molar-refractivity contribution in [2.24, 2.45) is 5.73 Å². The largest absolute Gasteiger partial charge is 0.416 e. The number of aryl methyl sites for hydroxylation is 2. The standard InChI is InChI=1S/C28H27F3N6O3.C24H16F3N5O3.C4H11N/c1-4-18(3)32-25(38)22-7-5-6-8-23(22)26(39)33-24-14-9-19(15-17(24)2)16-36-27(40)37(35-34-36)21-12-10-20(11-13-21)28(29,30)31;1-14-12-15(6-11-20(14)31-21(33)18-4-2-3-5-19(18)22(31)34)13-30-23(35)32(29-28-30)17-9-7-16(8-10-17)24(25,26)27;1-3-4(2)5/h5-15,18H,4,16H2,1-3H3,(H,32,38)(H,33,39);2-12H,13H2,1H3;4H,3,5H2,1-2H3. The molecule has 2 unspecified atom stereocenters. The van der Waals surface area contributed by atoms with Gasteiger partial charge in [-0.3, -0.25) is 19.2 Å². The van der Waals surface area contributed by atoms with Crippen LogP contribution in [-0.2, 0) is 25.4 Å². The van der Waals surface area contributed by atoms with Crippen molar-refractivity contribution in [1.82, 2.24) is 44.9 Å². The highest BCUT2D eigenvalue weighted by Crippen LogP contribution is 2.33. The van der Waals surface area contributed by atoms with Gasteiger partial charge in [-0.25, -0.2) is 14.5 Å². The van der Waals surface area contributed by atoms with Crippen molar-refractivity contribution >= 4 is 35.0 Å². The predicted molar refractivity (Wildman–Crippen MR) is 285 cm³/mol. The number of hydrogen-bond donors (Lipinski definition) is 3. The summed E-state index contributed by atoms with van der Waals surface area (Å²) in [6.45, 7) is 11.5. The van der Waals surface area contributed by atoms with E-state index >= 15 is 0 Å². The van der Waals surface area contributed by atoms with Crippen molar-refractivity contribution in [3.05, 3.63) is 210 Å². The zero-order chi connectivity index (χ0) is 58.2. The molecule has 9 rings (SSSR count). The van der Waals surface area contributed by atoms with Crippen molar-refractivity contribution in [1.29, 1.82) is 0 Å². The average Bonchev–Trinajstić information content (AvgIpc) is 4.11. The molecule has 24 heteroatoms. The van der Waals surface area contributed by atoms with Crippen molar-refractivity contribution in [2.75, 3.05) is 10.2 Å². The molecule has 1 aliphatic rings. The maximum atomic E-state index is 13.1. The molecule has 80 heavy (non-hydrogen) atoms. The lowest BCUT2D eigenvalue weighted by atomic mass is 10.0. The Balaban J connectivity index is 0.000000214. The van der Waals surface area contributed by atoms with Crippen LogP contribution in [0.4, 0.5) is 37.7 Å². The zero-order valence-electron chi connectivity index (χ0n) is 44.0. The van der Waals surface area contributed by atoms with Crippen LogP contribution in [0.2, 0.25) is 0 Å². The van der Waals surface area contributed by atoms with Gasteiger partial charge in [0.05, 0.1) is 63.5 Å². The van der Waals surface area contributed by atoms with Crippen LogP contribution in [-0.4, -0.2) is 75.3 Å². The lowest BCUT2D eigenvalue weighted by Crippen LogP contribution is -2.33. The van der Waals surface area contributed by atoms with Gasteiger partial charge in [0.15, 0.2) is 0 Å². The molecule has 3 heterocycles. The minimum Gasteiger partial charge on any atom is -0.350 e. The first-order chi connectivity index (χ1) is 37.9. The van der Waals surface area contributed by atoms with Gasteiger partial charge in [-0.1, -0.05) is 62.4 Å². The van der Waals surface area contributed by atoms with Crippen LogP contribution in [0.25, 0.3) is 11.4 Å². The summed E-state index contributed by atoms with van der Waals surface area (Å²) in [7, 11) is 0. The smallest absolute Gasteiger partial charge is 0.350 e. The van der Waals surface area contributed by atoms with Crippen LogP contribution in [0.5, 0.6) is 0 Å². The molecule has 0 aliphatic carbocycles. The Kier molecular flexibility index (Phi) is 17.9. The van der Waals surface area contributed by atoms with Gasteiger partial charge in [-0.05, 0) is 169 Å². The van der Waals surface area contributed by atoms with Gasteiger partial charge in [0.2, 0.25) is 0 Å². The number of aromatic nitrogens is 8. The second-order valence-corrected chi connectivity index (χ2v) is 18.7. The average molecular weight is 1110 g/mol. The van der Waals surface area contributed by atoms with Gasteiger partial charge in [-0.2, -0.15) is 45.1 Å². The summed E-state index contributed by atoms with van der Waals surface area (Å²) in [5, 5.41) is 20.9. The van der Waals surface area contributed by atoms with Crippen molar-refractivity contribution in [3.8, 4) is 11.4 Å². The molecule has 4 N–H and O–H groups in total. The van der Waals surface area contributed by atoms with Crippen LogP contribution in [0, 0.1) is 13.8 Å². The van der Waals surface area contributed by atoms with Crippen LogP contribution in [0.3, 0.4) is 0 Å². The minimum absolute atomic E-state index is 0.0305. The molecule has 0 fully saturated rings. The number of carbonyl (C=O) groups is 4. The highest BCUT2D eigenvalue weighted by molar-refractivity contribution is 6.34. The quantitative estimate of drug-likeness (QED) is 0.0729. The molecular weight excluding hydrogens is 1050 g/mol. The molecule has 0 bridgehead atoms. The van der Waals surface area contributed by atoms with E-state index in [0.29, 0.717) is 50.8 Å². The Hall–Kier alpha value is -9.32. The Morgan fingerprint density at radius 1 is 0.562 bits per heavy atom. The fraction of sp³-hybridized carbons (Fsp3) is 0.250. The van der Waals surface area contributed by atoms with Gasteiger partial charge in [-0.15, -0.1) is 0 Å². The molecule has 0 radical (unpaired) electrons. The normalized spacial score (nSPS) is 12.9. The summed E-state index contributed by atoms with van der Waals surface area (Å²) in [6.07, 6.45) is -7.14. The first-order valence-corrected chi connectivity index (χ1v) is 24.9. The highest BCUT2D eigenvalue weighted by Gasteiger charge is 2.37. The lowest BCUT2D eigenvalue weighted by molar-refractivity contribution is -0.138. The number of rotatable bonds is 13. The summed E-state index contributed by atoms with van der Waals surface area (Å²) >= 11 is 0. The Labute approximate surface area is 453 Å². The molecule has 2 aromatic heterocycles. The number of anilines is 2. The summed E-state index contributed by atoms with van der Waals surface area (Å²) in [5.41, 5.74) is 7.48. The molecule has 0 saturated carbocycles. The van der Waals surface area contributed by atoms with E-state index < -0.39 is 52.6 Å². The number of nitrogens with one attached hydrogen (secondary N) is 2. The van der Waals surface area contributed by atoms with E-state index in [2.05, 4.69) is 38.4 Å². The maximum absolute atomic E-state index is 13.1. The first kappa shape index (κ1) is 58.4. The third-order valence-corrected chi connectivity index (χ3v) is 12.7. The summed E-state index contributed by atoms with van der Waals surface area (Å²) in [4.78, 5) is 77.9. The number of nitrogens with zero attached hydrogens (tertiary/aromatic N) is 9. The van der Waals surface area contributed by atoms with Gasteiger partial charge < -0.3 is 16.4 Å². The predicted octanol–water partition coefficient (Wildman–Crippen LogP) is 8.93. The third-order valence-electron chi connectivity index (χ3n) is 12.7. The lowest BCUT2D eigenvalue weighted by Gasteiger charge is -2.17. The molecule has 2 atom stereocenters. The summed E-state index contributed by atoms with van der Waals surface area (Å²) < 4.78 is 80.8. The Morgan fingerprint density at radius 2 is 0.988 bits per heavy atom. The highest BCUT2D eigenvalue weighted by atomic mass is 19.4. The van der Waals surface area contributed by atoms with Gasteiger partial charge in [0, 0.05) is 17.8 Å². The SMILES string of the molecule is CCC(C)N.CCC(C)NC(=O)c1ccccc1C(=O)Nc1ccc(Cn2nnn(-c3ccc(C(F)(F)F)cc3)c2=O)cc1C.Cc1cc(Cn2nnn(-c3ccc(C(F)(F)F)cc3)c2=O)ccc1N1C(=O)c2ccccc2C1=O. The second-order valence-electron chi connectivity index (χ2n) is 18.7. The van der Waals surface area contributed by atoms with Gasteiger partial charge in [0.25, 0.3) is 23.6 Å². The van der Waals surface area contributed by atoms with Crippen molar-refractivity contribution in [3.63, 3.8) is 0 Å². The molecule has 416 valence electrons. The molecule has 1 aliphatic heterocycles. The van der Waals surface area contributed by atoms with E-state index in [0.717, 1.165) is 85.0 Å². The van der Waals surface area contributed by atoms with E-state index in [1.165, 1.54) is 0 Å². The number of carbonyl (C=O) groups excluding carboxylic acids is 4. The molecule has 4 amide bonds. The molecule has 6 aromatic carbocycles.